The van der Waals surface area contributed by atoms with Crippen molar-refractivity contribution in [3.8, 4) is 28.2 Å². The quantitative estimate of drug-likeness (QED) is 0.230. The number of rotatable bonds is 9. The maximum atomic E-state index is 12.4. The molecule has 0 saturated carbocycles. The topological polar surface area (TPSA) is 101 Å². The summed E-state index contributed by atoms with van der Waals surface area (Å²) in [5.74, 6) is 0.329. The number of imide groups is 1. The number of aryl methyl sites for hydroxylation is 2. The summed E-state index contributed by atoms with van der Waals surface area (Å²) >= 11 is 0. The van der Waals surface area contributed by atoms with E-state index in [0.29, 0.717) is 12.3 Å². The number of likely N-dealkylation sites (tertiary alicyclic amines) is 1. The lowest BCUT2D eigenvalue weighted by molar-refractivity contribution is -0.142. The van der Waals surface area contributed by atoms with Crippen molar-refractivity contribution in [2.45, 2.75) is 40.5 Å². The molecule has 0 aromatic heterocycles. The minimum absolute atomic E-state index is 0.161. The Labute approximate surface area is 233 Å². The minimum Gasteiger partial charge on any atom is -0.486 e. The first-order valence-electron chi connectivity index (χ1n) is 13.6. The lowest BCUT2D eigenvalue weighted by Crippen LogP contribution is -2.36. The molecule has 2 aliphatic heterocycles. The summed E-state index contributed by atoms with van der Waals surface area (Å²) in [5.41, 5.74) is 7.00. The highest BCUT2D eigenvalue weighted by molar-refractivity contribution is 6.05. The van der Waals surface area contributed by atoms with Crippen LogP contribution in [0, 0.1) is 13.8 Å². The molecule has 1 saturated heterocycles. The van der Waals surface area contributed by atoms with Crippen molar-refractivity contribution in [1.29, 1.82) is 0 Å². The second-order valence-corrected chi connectivity index (χ2v) is 10.0. The molecule has 3 aliphatic rings. The van der Waals surface area contributed by atoms with E-state index < -0.39 is 0 Å². The van der Waals surface area contributed by atoms with Crippen molar-refractivity contribution >= 4 is 34.3 Å². The van der Waals surface area contributed by atoms with Crippen LogP contribution in [0.4, 0.5) is 5.69 Å². The van der Waals surface area contributed by atoms with Gasteiger partial charge in [-0.1, -0.05) is 12.1 Å². The number of nitrogens with one attached hydrogen (secondary N) is 1. The molecular weight excluding hydrogens is 506 g/mol. The third kappa shape index (κ3) is 5.34. The number of hydrogen-bond acceptors (Lipinski definition) is 7. The zero-order valence-corrected chi connectivity index (χ0v) is 23.3. The van der Waals surface area contributed by atoms with E-state index in [1.54, 1.807) is 0 Å². The van der Waals surface area contributed by atoms with Crippen LogP contribution in [0.3, 0.4) is 0 Å². The van der Waals surface area contributed by atoms with E-state index in [0.717, 1.165) is 67.0 Å². The molecule has 2 aromatic rings. The number of hydrogen-bond donors (Lipinski definition) is 1. The fraction of sp³-hybridized carbons (Fsp3) is 0.312. The van der Waals surface area contributed by atoms with E-state index in [1.807, 2.05) is 43.3 Å². The van der Waals surface area contributed by atoms with E-state index in [-0.39, 0.29) is 43.6 Å². The SMILES string of the molecule is CC/N=c1/cc2oc3cc(NCC)c(C)cc3c(-c3ccc(OCC(=O)CN4C(=O)CCC4=O)cc3)c-2cc1C. The summed E-state index contributed by atoms with van der Waals surface area (Å²) in [6.07, 6.45) is 0.323. The maximum absolute atomic E-state index is 12.4. The Morgan fingerprint density at radius 2 is 1.73 bits per heavy atom. The standard InChI is InChI=1S/C32H33N3O5/c1-5-33-26-15-28-24(13-19(26)3)32(25-14-20(4)27(34-6-2)16-29(25)40-28)21-7-9-23(10-8-21)39-18-22(36)17-35-30(37)11-12-31(35)38/h7-10,13-16,33H,5-6,11-12,17-18H2,1-4H3/b34-27-. The zero-order valence-electron chi connectivity index (χ0n) is 23.3. The van der Waals surface area contributed by atoms with Crippen LogP contribution in [0.1, 0.15) is 37.8 Å². The molecule has 0 unspecified atom stereocenters. The highest BCUT2D eigenvalue weighted by Crippen LogP contribution is 2.42. The molecule has 1 fully saturated rings. The predicted molar refractivity (Wildman–Crippen MR) is 154 cm³/mol. The van der Waals surface area contributed by atoms with Gasteiger partial charge in [-0.05, 0) is 68.7 Å². The van der Waals surface area contributed by atoms with E-state index in [2.05, 4.69) is 43.2 Å². The van der Waals surface area contributed by atoms with Crippen LogP contribution in [-0.4, -0.2) is 48.7 Å². The molecule has 0 radical (unpaired) electrons. The van der Waals surface area contributed by atoms with Crippen LogP contribution in [0.25, 0.3) is 33.4 Å². The molecule has 1 aliphatic carbocycles. The molecule has 8 nitrogen and oxygen atoms in total. The number of ether oxygens (including phenoxy) is 1. The van der Waals surface area contributed by atoms with Crippen LogP contribution in [0.15, 0.2) is 57.9 Å². The van der Waals surface area contributed by atoms with Gasteiger partial charge in [0.15, 0.2) is 5.78 Å². The molecule has 2 aromatic carbocycles. The average Bonchev–Trinajstić information content (AvgIpc) is 3.25. The summed E-state index contributed by atoms with van der Waals surface area (Å²) in [6, 6.07) is 15.9. The monoisotopic (exact) mass is 539 g/mol. The van der Waals surface area contributed by atoms with Crippen molar-refractivity contribution in [1.82, 2.24) is 4.90 Å². The lowest BCUT2D eigenvalue weighted by Gasteiger charge is -2.18. The van der Waals surface area contributed by atoms with Gasteiger partial charge in [0.05, 0.1) is 11.9 Å². The van der Waals surface area contributed by atoms with E-state index >= 15 is 0 Å². The summed E-state index contributed by atoms with van der Waals surface area (Å²) in [5, 5.41) is 5.32. The number of benzene rings is 3. The van der Waals surface area contributed by atoms with Gasteiger partial charge in [-0.25, -0.2) is 0 Å². The van der Waals surface area contributed by atoms with Gasteiger partial charge in [0, 0.05) is 60.3 Å². The van der Waals surface area contributed by atoms with Gasteiger partial charge >= 0.3 is 0 Å². The average molecular weight is 540 g/mol. The lowest BCUT2D eigenvalue weighted by atomic mass is 9.91. The number of ketones is 1. The highest BCUT2D eigenvalue weighted by atomic mass is 16.5. The Bertz CT molecular complexity index is 1640. The number of amides is 2. The van der Waals surface area contributed by atoms with Gasteiger partial charge < -0.3 is 14.5 Å². The first-order chi connectivity index (χ1) is 19.3. The first-order valence-corrected chi connectivity index (χ1v) is 13.6. The predicted octanol–water partition coefficient (Wildman–Crippen LogP) is 5.27. The summed E-state index contributed by atoms with van der Waals surface area (Å²) in [4.78, 5) is 41.6. The molecule has 2 heterocycles. The van der Waals surface area contributed by atoms with Crippen LogP contribution in [0.2, 0.25) is 0 Å². The molecule has 1 N–H and O–H groups in total. The summed E-state index contributed by atoms with van der Waals surface area (Å²) < 4.78 is 12.1. The van der Waals surface area contributed by atoms with Crippen molar-refractivity contribution in [3.05, 3.63) is 65.0 Å². The fourth-order valence-electron chi connectivity index (χ4n) is 5.12. The second kappa shape index (κ2) is 11.3. The first kappa shape index (κ1) is 27.1. The van der Waals surface area contributed by atoms with Gasteiger partial charge in [0.1, 0.15) is 23.7 Å². The third-order valence-electron chi connectivity index (χ3n) is 7.11. The molecule has 0 spiro atoms. The van der Waals surface area contributed by atoms with Crippen molar-refractivity contribution in [2.75, 3.05) is 31.6 Å². The summed E-state index contributed by atoms with van der Waals surface area (Å²) in [6.45, 7) is 9.24. The Morgan fingerprint density at radius 3 is 2.40 bits per heavy atom. The molecule has 0 atom stereocenters. The smallest absolute Gasteiger partial charge is 0.230 e. The van der Waals surface area contributed by atoms with Crippen molar-refractivity contribution in [2.24, 2.45) is 4.99 Å². The van der Waals surface area contributed by atoms with Gasteiger partial charge in [-0.3, -0.25) is 24.3 Å². The Kier molecular flexibility index (Phi) is 7.69. The Balaban J connectivity index is 1.50. The molecule has 5 rings (SSSR count). The second-order valence-electron chi connectivity index (χ2n) is 10.0. The van der Waals surface area contributed by atoms with Crippen LogP contribution in [0.5, 0.6) is 5.75 Å². The highest BCUT2D eigenvalue weighted by Gasteiger charge is 2.30. The van der Waals surface area contributed by atoms with Gasteiger partial charge in [0.2, 0.25) is 11.8 Å². The maximum Gasteiger partial charge on any atom is 0.230 e. The van der Waals surface area contributed by atoms with Crippen LogP contribution >= 0.6 is 0 Å². The van der Waals surface area contributed by atoms with Crippen LogP contribution in [-0.2, 0) is 14.4 Å². The fourth-order valence-corrected chi connectivity index (χ4v) is 5.12. The number of carbonyl (C=O) groups excluding carboxylic acids is 3. The van der Waals surface area contributed by atoms with E-state index in [9.17, 15) is 14.4 Å². The van der Waals surface area contributed by atoms with Gasteiger partial charge in [-0.2, -0.15) is 0 Å². The largest absolute Gasteiger partial charge is 0.486 e. The summed E-state index contributed by atoms with van der Waals surface area (Å²) in [7, 11) is 0. The molecule has 8 heteroatoms. The zero-order chi connectivity index (χ0) is 28.4. The molecular formula is C32H33N3O5. The van der Waals surface area contributed by atoms with E-state index in [4.69, 9.17) is 9.15 Å². The minimum atomic E-state index is -0.329. The normalized spacial score (nSPS) is 14.0. The molecule has 40 heavy (non-hydrogen) atoms. The number of carbonyl (C=O) groups is 3. The van der Waals surface area contributed by atoms with Crippen molar-refractivity contribution < 1.29 is 23.5 Å². The molecule has 2 amide bonds. The molecule has 206 valence electrons. The molecule has 0 bridgehead atoms. The van der Waals surface area contributed by atoms with Gasteiger partial charge in [-0.15, -0.1) is 0 Å². The third-order valence-corrected chi connectivity index (χ3v) is 7.11. The van der Waals surface area contributed by atoms with Crippen molar-refractivity contribution in [3.63, 3.8) is 0 Å². The number of nitrogens with zero attached hydrogens (tertiary/aromatic N) is 2. The Hall–Kier alpha value is -4.46. The van der Waals surface area contributed by atoms with E-state index in [1.165, 1.54) is 0 Å². The number of anilines is 1. The number of Topliss-reactive ketones (excluding diaryl/α,β-unsaturated/α-hetero) is 1. The Morgan fingerprint density at radius 1 is 1.00 bits per heavy atom. The van der Waals surface area contributed by atoms with Gasteiger partial charge in [0.25, 0.3) is 0 Å². The number of fused-ring (bicyclic) bond motifs is 2. The van der Waals surface area contributed by atoms with Crippen LogP contribution < -0.4 is 15.4 Å².